The molecule has 0 aliphatic rings. The Morgan fingerprint density at radius 1 is 1.21 bits per heavy atom. The fourth-order valence-electron chi connectivity index (χ4n) is 1.46. The zero-order valence-electron chi connectivity index (χ0n) is 9.68. The molecular weight excluding hydrogens is 334 g/mol. The normalized spacial score (nSPS) is 10.2. The molecule has 0 aromatic heterocycles. The predicted molar refractivity (Wildman–Crippen MR) is 76.6 cm³/mol. The number of non-ortho nitro benzene ring substituents is 1. The molecule has 0 fully saturated rings. The van der Waals surface area contributed by atoms with E-state index >= 15 is 0 Å². The maximum atomic E-state index is 10.5. The minimum absolute atomic E-state index is 0.0361. The first-order valence-electron chi connectivity index (χ1n) is 5.37. The summed E-state index contributed by atoms with van der Waals surface area (Å²) in [6.45, 7) is 0.309. The predicted octanol–water partition coefficient (Wildman–Crippen LogP) is 4.59. The van der Waals surface area contributed by atoms with Gasteiger partial charge in [0.1, 0.15) is 12.4 Å². The van der Waals surface area contributed by atoms with Gasteiger partial charge in [-0.1, -0.05) is 33.6 Å². The van der Waals surface area contributed by atoms with E-state index in [1.54, 1.807) is 18.2 Å². The highest BCUT2D eigenvalue weighted by Gasteiger charge is 2.06. The van der Waals surface area contributed by atoms with Gasteiger partial charge < -0.3 is 4.74 Å². The molecule has 0 aliphatic carbocycles. The Bertz CT molecular complexity index is 601. The van der Waals surface area contributed by atoms with Gasteiger partial charge in [-0.25, -0.2) is 0 Å². The lowest BCUT2D eigenvalue weighted by Gasteiger charge is -2.07. The number of hydrogen-bond donors (Lipinski definition) is 0. The zero-order valence-corrected chi connectivity index (χ0v) is 12.0. The van der Waals surface area contributed by atoms with Crippen LogP contribution in [-0.2, 0) is 6.61 Å². The number of halogens is 2. The molecule has 6 heteroatoms. The molecule has 0 spiro atoms. The fourth-order valence-corrected chi connectivity index (χ4v) is 2.19. The Labute approximate surface area is 123 Å². The molecule has 0 saturated carbocycles. The van der Waals surface area contributed by atoms with Crippen molar-refractivity contribution in [1.82, 2.24) is 0 Å². The topological polar surface area (TPSA) is 52.4 Å². The smallest absolute Gasteiger partial charge is 0.269 e. The Hall–Kier alpha value is -1.59. The Kier molecular flexibility index (Phi) is 4.39. The lowest BCUT2D eigenvalue weighted by atomic mass is 10.2. The number of rotatable bonds is 4. The third-order valence-corrected chi connectivity index (χ3v) is 3.30. The summed E-state index contributed by atoms with van der Waals surface area (Å²) < 4.78 is 6.42. The monoisotopic (exact) mass is 341 g/mol. The summed E-state index contributed by atoms with van der Waals surface area (Å²) >= 11 is 9.39. The number of nitro benzene ring substituents is 1. The van der Waals surface area contributed by atoms with Gasteiger partial charge in [0.15, 0.2) is 0 Å². The van der Waals surface area contributed by atoms with Crippen molar-refractivity contribution in [2.24, 2.45) is 0 Å². The van der Waals surface area contributed by atoms with E-state index in [0.29, 0.717) is 17.4 Å². The molecule has 0 amide bonds. The van der Waals surface area contributed by atoms with Crippen molar-refractivity contribution in [3.05, 3.63) is 67.6 Å². The number of hydrogen-bond acceptors (Lipinski definition) is 3. The van der Waals surface area contributed by atoms with E-state index < -0.39 is 4.92 Å². The first-order chi connectivity index (χ1) is 9.06. The highest BCUT2D eigenvalue weighted by atomic mass is 79.9. The minimum atomic E-state index is -0.449. The molecule has 0 saturated heterocycles. The van der Waals surface area contributed by atoms with E-state index in [9.17, 15) is 10.1 Å². The van der Waals surface area contributed by atoms with Gasteiger partial charge >= 0.3 is 0 Å². The molecule has 2 aromatic rings. The largest absolute Gasteiger partial charge is 0.489 e. The number of benzene rings is 2. The van der Waals surface area contributed by atoms with Crippen LogP contribution in [-0.4, -0.2) is 4.92 Å². The first-order valence-corrected chi connectivity index (χ1v) is 6.54. The minimum Gasteiger partial charge on any atom is -0.489 e. The van der Waals surface area contributed by atoms with Gasteiger partial charge in [0.2, 0.25) is 0 Å². The summed E-state index contributed by atoms with van der Waals surface area (Å²) in [4.78, 5) is 10.1. The van der Waals surface area contributed by atoms with Crippen LogP contribution in [0.3, 0.4) is 0 Å². The third-order valence-electron chi connectivity index (χ3n) is 2.46. The van der Waals surface area contributed by atoms with Gasteiger partial charge in [-0.05, 0) is 24.3 Å². The number of nitrogens with zero attached hydrogens (tertiary/aromatic N) is 1. The molecule has 0 bridgehead atoms. The van der Waals surface area contributed by atoms with Crippen molar-refractivity contribution in [2.45, 2.75) is 6.61 Å². The van der Waals surface area contributed by atoms with E-state index in [1.165, 1.54) is 12.1 Å². The first kappa shape index (κ1) is 13.8. The van der Waals surface area contributed by atoms with E-state index in [4.69, 9.17) is 16.3 Å². The molecule has 4 nitrogen and oxygen atoms in total. The van der Waals surface area contributed by atoms with Crippen LogP contribution in [0.4, 0.5) is 5.69 Å². The SMILES string of the molecule is O=[N+]([O-])c1ccc(OCc2ccc(Br)cc2Cl)cc1. The van der Waals surface area contributed by atoms with Crippen molar-refractivity contribution < 1.29 is 9.66 Å². The van der Waals surface area contributed by atoms with Crippen LogP contribution >= 0.6 is 27.5 Å². The molecule has 0 radical (unpaired) electrons. The van der Waals surface area contributed by atoms with Crippen molar-refractivity contribution in [3.8, 4) is 5.75 Å². The maximum absolute atomic E-state index is 10.5. The van der Waals surface area contributed by atoms with Crippen molar-refractivity contribution in [1.29, 1.82) is 0 Å². The van der Waals surface area contributed by atoms with Crippen LogP contribution in [0.2, 0.25) is 5.02 Å². The van der Waals surface area contributed by atoms with Crippen LogP contribution in [0.5, 0.6) is 5.75 Å². The van der Waals surface area contributed by atoms with E-state index in [-0.39, 0.29) is 5.69 Å². The van der Waals surface area contributed by atoms with Crippen molar-refractivity contribution in [2.75, 3.05) is 0 Å². The second-order valence-electron chi connectivity index (χ2n) is 3.78. The van der Waals surface area contributed by atoms with Crippen LogP contribution in [0, 0.1) is 10.1 Å². The van der Waals surface area contributed by atoms with Gasteiger partial charge in [-0.15, -0.1) is 0 Å². The summed E-state index contributed by atoms with van der Waals surface area (Å²) in [5, 5.41) is 11.1. The molecule has 2 aromatic carbocycles. The van der Waals surface area contributed by atoms with E-state index in [1.807, 2.05) is 12.1 Å². The molecule has 98 valence electrons. The molecule has 0 unspecified atom stereocenters. The van der Waals surface area contributed by atoms with Gasteiger partial charge in [0.05, 0.1) is 4.92 Å². The van der Waals surface area contributed by atoms with Crippen LogP contribution in [0.15, 0.2) is 46.9 Å². The summed E-state index contributed by atoms with van der Waals surface area (Å²) in [6.07, 6.45) is 0. The van der Waals surface area contributed by atoms with Gasteiger partial charge in [0, 0.05) is 27.2 Å². The van der Waals surface area contributed by atoms with Crippen LogP contribution in [0.1, 0.15) is 5.56 Å². The molecule has 0 N–H and O–H groups in total. The standard InChI is InChI=1S/C13H9BrClNO3/c14-10-2-1-9(13(15)7-10)8-19-12-5-3-11(4-6-12)16(17)18/h1-7H,8H2. The third kappa shape index (κ3) is 3.68. The second kappa shape index (κ2) is 6.04. The Morgan fingerprint density at radius 2 is 1.89 bits per heavy atom. The summed E-state index contributed by atoms with van der Waals surface area (Å²) in [5.41, 5.74) is 0.886. The van der Waals surface area contributed by atoms with Gasteiger partial charge in [-0.3, -0.25) is 10.1 Å². The molecule has 0 atom stereocenters. The van der Waals surface area contributed by atoms with Crippen molar-refractivity contribution in [3.63, 3.8) is 0 Å². The Morgan fingerprint density at radius 3 is 2.47 bits per heavy atom. The summed E-state index contributed by atoms with van der Waals surface area (Å²) in [5.74, 6) is 0.560. The second-order valence-corrected chi connectivity index (χ2v) is 5.10. The lowest BCUT2D eigenvalue weighted by molar-refractivity contribution is -0.384. The molecular formula is C13H9BrClNO3. The average molecular weight is 343 g/mol. The average Bonchev–Trinajstić information content (AvgIpc) is 2.38. The maximum Gasteiger partial charge on any atom is 0.269 e. The van der Waals surface area contributed by atoms with Gasteiger partial charge in [-0.2, -0.15) is 0 Å². The van der Waals surface area contributed by atoms with E-state index in [2.05, 4.69) is 15.9 Å². The molecule has 0 aliphatic heterocycles. The fraction of sp³-hybridized carbons (Fsp3) is 0.0769. The van der Waals surface area contributed by atoms with Crippen LogP contribution < -0.4 is 4.74 Å². The highest BCUT2D eigenvalue weighted by Crippen LogP contribution is 2.23. The quantitative estimate of drug-likeness (QED) is 0.603. The van der Waals surface area contributed by atoms with E-state index in [0.717, 1.165) is 10.0 Å². The molecule has 19 heavy (non-hydrogen) atoms. The Balaban J connectivity index is 2.04. The molecule has 2 rings (SSSR count). The molecule has 0 heterocycles. The number of ether oxygens (including phenoxy) is 1. The number of nitro groups is 1. The van der Waals surface area contributed by atoms with Crippen LogP contribution in [0.25, 0.3) is 0 Å². The zero-order chi connectivity index (χ0) is 13.8. The summed E-state index contributed by atoms with van der Waals surface area (Å²) in [7, 11) is 0. The highest BCUT2D eigenvalue weighted by molar-refractivity contribution is 9.10. The van der Waals surface area contributed by atoms with Gasteiger partial charge in [0.25, 0.3) is 5.69 Å². The summed E-state index contributed by atoms with van der Waals surface area (Å²) in [6, 6.07) is 11.4. The van der Waals surface area contributed by atoms with Crippen molar-refractivity contribution >= 4 is 33.2 Å². The lowest BCUT2D eigenvalue weighted by Crippen LogP contribution is -1.96.